The molecule has 0 bridgehead atoms. The van der Waals surface area contributed by atoms with Gasteiger partial charge in [0.25, 0.3) is 0 Å². The number of anilines is 1. The van der Waals surface area contributed by atoms with Gasteiger partial charge in [0.05, 0.1) is 5.69 Å². The quantitative estimate of drug-likeness (QED) is 0.899. The number of para-hydroxylation sites is 2. The summed E-state index contributed by atoms with van der Waals surface area (Å²) >= 11 is 3.50. The van der Waals surface area contributed by atoms with Crippen LogP contribution in [0, 0.1) is 0 Å². The minimum atomic E-state index is -0.139. The second-order valence-electron chi connectivity index (χ2n) is 4.76. The molecule has 0 saturated carbocycles. The third-order valence-corrected chi connectivity index (χ3v) is 3.86. The number of fused-ring (bicyclic) bond motifs is 1. The largest absolute Gasteiger partial charge is 0.487 e. The molecule has 0 radical (unpaired) electrons. The molecule has 6 heteroatoms. The molecule has 1 aliphatic heterocycles. The summed E-state index contributed by atoms with van der Waals surface area (Å²) in [5, 5.41) is 2.75. The Balaban J connectivity index is 1.77. The van der Waals surface area contributed by atoms with Crippen LogP contribution in [-0.2, 0) is 11.4 Å². The van der Waals surface area contributed by atoms with E-state index < -0.39 is 0 Å². The third kappa shape index (κ3) is 3.17. The van der Waals surface area contributed by atoms with Crippen LogP contribution >= 0.6 is 15.9 Å². The molecule has 5 nitrogen and oxygen atoms in total. The Kier molecular flexibility index (Phi) is 4.20. The van der Waals surface area contributed by atoms with E-state index in [1.54, 1.807) is 6.07 Å². The van der Waals surface area contributed by atoms with Gasteiger partial charge in [-0.3, -0.25) is 4.79 Å². The zero-order valence-corrected chi connectivity index (χ0v) is 13.5. The van der Waals surface area contributed by atoms with Crippen LogP contribution in [0.1, 0.15) is 12.5 Å². The van der Waals surface area contributed by atoms with Gasteiger partial charge >= 0.3 is 0 Å². The van der Waals surface area contributed by atoms with Crippen LogP contribution in [0.15, 0.2) is 40.9 Å². The van der Waals surface area contributed by atoms with Gasteiger partial charge in [0.15, 0.2) is 11.5 Å². The number of hydrogen-bond donors (Lipinski definition) is 1. The van der Waals surface area contributed by atoms with Crippen molar-refractivity contribution in [1.82, 2.24) is 0 Å². The normalized spacial score (nSPS) is 12.1. The molecular formula is C16H14BrNO4. The minimum Gasteiger partial charge on any atom is -0.487 e. The number of ether oxygens (including phenoxy) is 3. The predicted molar refractivity (Wildman–Crippen MR) is 85.3 cm³/mol. The van der Waals surface area contributed by atoms with Crippen molar-refractivity contribution in [2.24, 2.45) is 0 Å². The van der Waals surface area contributed by atoms with E-state index in [0.717, 1.165) is 10.0 Å². The Bertz CT molecular complexity index is 717. The van der Waals surface area contributed by atoms with E-state index in [1.807, 2.05) is 30.3 Å². The molecule has 3 rings (SSSR count). The number of carbonyl (C=O) groups excluding carboxylic acids is 1. The summed E-state index contributed by atoms with van der Waals surface area (Å²) in [4.78, 5) is 11.2. The first-order chi connectivity index (χ1) is 10.6. The zero-order valence-electron chi connectivity index (χ0n) is 11.9. The second-order valence-corrected chi connectivity index (χ2v) is 5.62. The first-order valence-electron chi connectivity index (χ1n) is 6.71. The Morgan fingerprint density at radius 1 is 1.27 bits per heavy atom. The van der Waals surface area contributed by atoms with Gasteiger partial charge in [-0.25, -0.2) is 0 Å². The van der Waals surface area contributed by atoms with Gasteiger partial charge in [-0.2, -0.15) is 0 Å². The van der Waals surface area contributed by atoms with Gasteiger partial charge in [0.2, 0.25) is 12.7 Å². The summed E-state index contributed by atoms with van der Waals surface area (Å²) in [6, 6.07) is 11.1. The number of benzene rings is 2. The molecule has 1 aliphatic rings. The van der Waals surface area contributed by atoms with Crippen LogP contribution in [0.25, 0.3) is 0 Å². The number of carbonyl (C=O) groups is 1. The lowest BCUT2D eigenvalue weighted by molar-refractivity contribution is -0.114. The van der Waals surface area contributed by atoms with Crippen LogP contribution in [0.4, 0.5) is 5.69 Å². The third-order valence-electron chi connectivity index (χ3n) is 3.12. The van der Waals surface area contributed by atoms with Crippen molar-refractivity contribution in [3.63, 3.8) is 0 Å². The number of hydrogen-bond acceptors (Lipinski definition) is 4. The molecule has 0 aromatic heterocycles. The van der Waals surface area contributed by atoms with Crippen molar-refractivity contribution in [2.45, 2.75) is 13.5 Å². The number of nitrogens with one attached hydrogen (secondary N) is 1. The second kappa shape index (κ2) is 6.27. The summed E-state index contributed by atoms with van der Waals surface area (Å²) in [6.45, 7) is 2.04. The lowest BCUT2D eigenvalue weighted by Gasteiger charge is -2.13. The molecule has 0 fully saturated rings. The highest BCUT2D eigenvalue weighted by Gasteiger charge is 2.16. The fourth-order valence-electron chi connectivity index (χ4n) is 2.11. The van der Waals surface area contributed by atoms with E-state index in [9.17, 15) is 4.79 Å². The van der Waals surface area contributed by atoms with Crippen molar-refractivity contribution in [2.75, 3.05) is 12.1 Å². The molecule has 1 amide bonds. The number of halogens is 1. The summed E-state index contributed by atoms with van der Waals surface area (Å²) in [6.07, 6.45) is 0. The van der Waals surface area contributed by atoms with Crippen molar-refractivity contribution in [3.8, 4) is 17.2 Å². The topological polar surface area (TPSA) is 56.8 Å². The van der Waals surface area contributed by atoms with E-state index in [1.165, 1.54) is 6.92 Å². The molecule has 1 heterocycles. The first-order valence-corrected chi connectivity index (χ1v) is 7.50. The van der Waals surface area contributed by atoms with Gasteiger partial charge in [-0.1, -0.05) is 28.1 Å². The SMILES string of the molecule is CC(=O)Nc1ccccc1OCc1cc2c(cc1Br)OCO2. The number of rotatable bonds is 4. The summed E-state index contributed by atoms with van der Waals surface area (Å²) in [5.74, 6) is 1.90. The van der Waals surface area contributed by atoms with E-state index in [2.05, 4.69) is 21.2 Å². The summed E-state index contributed by atoms with van der Waals surface area (Å²) in [7, 11) is 0. The maximum atomic E-state index is 11.2. The average molecular weight is 364 g/mol. The molecular weight excluding hydrogens is 350 g/mol. The van der Waals surface area contributed by atoms with Gasteiger partial charge in [0.1, 0.15) is 12.4 Å². The van der Waals surface area contributed by atoms with E-state index in [0.29, 0.717) is 29.5 Å². The smallest absolute Gasteiger partial charge is 0.231 e. The number of amides is 1. The highest BCUT2D eigenvalue weighted by atomic mass is 79.9. The zero-order chi connectivity index (χ0) is 15.5. The minimum absolute atomic E-state index is 0.139. The lowest BCUT2D eigenvalue weighted by Crippen LogP contribution is -2.08. The van der Waals surface area contributed by atoms with Crippen LogP contribution < -0.4 is 19.5 Å². The Morgan fingerprint density at radius 3 is 2.77 bits per heavy atom. The Hall–Kier alpha value is -2.21. The highest BCUT2D eigenvalue weighted by molar-refractivity contribution is 9.10. The molecule has 0 saturated heterocycles. The van der Waals surface area contributed by atoms with Crippen molar-refractivity contribution < 1.29 is 19.0 Å². The fraction of sp³-hybridized carbons (Fsp3) is 0.188. The van der Waals surface area contributed by atoms with Crippen LogP contribution in [-0.4, -0.2) is 12.7 Å². The van der Waals surface area contributed by atoms with E-state index in [4.69, 9.17) is 14.2 Å². The molecule has 0 aliphatic carbocycles. The van der Waals surface area contributed by atoms with E-state index in [-0.39, 0.29) is 12.7 Å². The van der Waals surface area contributed by atoms with Gasteiger partial charge in [-0.15, -0.1) is 0 Å². The first kappa shape index (κ1) is 14.7. The van der Waals surface area contributed by atoms with Gasteiger partial charge < -0.3 is 19.5 Å². The molecule has 2 aromatic carbocycles. The van der Waals surface area contributed by atoms with E-state index >= 15 is 0 Å². The maximum absolute atomic E-state index is 11.2. The molecule has 114 valence electrons. The highest BCUT2D eigenvalue weighted by Crippen LogP contribution is 2.37. The van der Waals surface area contributed by atoms with Crippen molar-refractivity contribution >= 4 is 27.5 Å². The van der Waals surface area contributed by atoms with Crippen molar-refractivity contribution in [3.05, 3.63) is 46.4 Å². The average Bonchev–Trinajstić information content (AvgIpc) is 2.92. The van der Waals surface area contributed by atoms with Crippen LogP contribution in [0.3, 0.4) is 0 Å². The monoisotopic (exact) mass is 363 g/mol. The Morgan fingerprint density at radius 2 is 2.00 bits per heavy atom. The Labute approximate surface area is 136 Å². The van der Waals surface area contributed by atoms with Gasteiger partial charge in [-0.05, 0) is 24.3 Å². The van der Waals surface area contributed by atoms with Crippen molar-refractivity contribution in [1.29, 1.82) is 0 Å². The molecule has 0 atom stereocenters. The molecule has 22 heavy (non-hydrogen) atoms. The van der Waals surface area contributed by atoms with Gasteiger partial charge in [0, 0.05) is 17.0 Å². The van der Waals surface area contributed by atoms with Crippen LogP contribution in [0.5, 0.6) is 17.2 Å². The molecule has 0 unspecified atom stereocenters. The fourth-order valence-corrected chi connectivity index (χ4v) is 2.55. The molecule has 2 aromatic rings. The summed E-state index contributed by atoms with van der Waals surface area (Å²) < 4.78 is 17.4. The lowest BCUT2D eigenvalue weighted by atomic mass is 10.2. The molecule has 1 N–H and O–H groups in total. The molecule has 0 spiro atoms. The maximum Gasteiger partial charge on any atom is 0.231 e. The van der Waals surface area contributed by atoms with Crippen LogP contribution in [0.2, 0.25) is 0 Å². The summed E-state index contributed by atoms with van der Waals surface area (Å²) in [5.41, 5.74) is 1.58. The standard InChI is InChI=1S/C16H14BrNO4/c1-10(19)18-13-4-2-3-5-14(13)20-8-11-6-15-16(7-12(11)17)22-9-21-15/h2-7H,8-9H2,1H3,(H,18,19). The predicted octanol–water partition coefficient (Wildman–Crippen LogP) is 3.72.